The molecule has 0 saturated carbocycles. The van der Waals surface area contributed by atoms with E-state index in [1.807, 2.05) is 34.1 Å². The molecule has 0 bridgehead atoms. The Labute approximate surface area is 139 Å². The lowest BCUT2D eigenvalue weighted by atomic mass is 10.0. The number of carbonyl (C=O) groups excluding carboxylic acids is 2. The number of benzene rings is 1. The van der Waals surface area contributed by atoms with Crippen LogP contribution in [0, 0.1) is 5.92 Å². The molecule has 1 aliphatic rings. The second-order valence-electron chi connectivity index (χ2n) is 7.05. The van der Waals surface area contributed by atoms with Crippen LogP contribution in [0.2, 0.25) is 0 Å². The van der Waals surface area contributed by atoms with Crippen molar-refractivity contribution in [2.75, 3.05) is 26.2 Å². The molecule has 0 spiro atoms. The van der Waals surface area contributed by atoms with Gasteiger partial charge in [-0.2, -0.15) is 0 Å². The summed E-state index contributed by atoms with van der Waals surface area (Å²) in [6.07, 6.45) is 0.588. The predicted octanol–water partition coefficient (Wildman–Crippen LogP) is 3.14. The van der Waals surface area contributed by atoms with Crippen LogP contribution in [0.15, 0.2) is 24.3 Å². The van der Waals surface area contributed by atoms with Gasteiger partial charge < -0.3 is 9.80 Å². The van der Waals surface area contributed by atoms with Crippen LogP contribution in [0.1, 0.15) is 56.0 Å². The number of piperazine rings is 1. The highest BCUT2D eigenvalue weighted by molar-refractivity contribution is 5.94. The minimum absolute atomic E-state index is 0.0660. The number of carbonyl (C=O) groups is 2. The van der Waals surface area contributed by atoms with Gasteiger partial charge >= 0.3 is 0 Å². The predicted molar refractivity (Wildman–Crippen MR) is 92.5 cm³/mol. The summed E-state index contributed by atoms with van der Waals surface area (Å²) >= 11 is 0. The van der Waals surface area contributed by atoms with Crippen LogP contribution in [0.3, 0.4) is 0 Å². The van der Waals surface area contributed by atoms with Gasteiger partial charge in [-0.1, -0.05) is 39.8 Å². The van der Waals surface area contributed by atoms with Crippen molar-refractivity contribution in [3.05, 3.63) is 35.4 Å². The summed E-state index contributed by atoms with van der Waals surface area (Å²) in [6.45, 7) is 10.9. The molecule has 1 heterocycles. The molecule has 0 N–H and O–H groups in total. The van der Waals surface area contributed by atoms with E-state index in [2.05, 4.69) is 27.7 Å². The lowest BCUT2D eigenvalue weighted by molar-refractivity contribution is -0.133. The zero-order chi connectivity index (χ0) is 17.0. The number of hydrogen-bond acceptors (Lipinski definition) is 2. The normalized spacial score (nSPS) is 15.4. The molecular formula is C19H28N2O2. The fourth-order valence-electron chi connectivity index (χ4n) is 2.83. The van der Waals surface area contributed by atoms with Gasteiger partial charge in [-0.25, -0.2) is 0 Å². The largest absolute Gasteiger partial charge is 0.339 e. The second-order valence-corrected chi connectivity index (χ2v) is 7.05. The van der Waals surface area contributed by atoms with Crippen molar-refractivity contribution in [2.45, 2.75) is 40.0 Å². The number of amides is 2. The third-order valence-corrected chi connectivity index (χ3v) is 4.33. The molecule has 0 unspecified atom stereocenters. The molecule has 0 aliphatic carbocycles. The molecule has 1 aromatic rings. The molecular weight excluding hydrogens is 288 g/mol. The Bertz CT molecular complexity index is 541. The first-order valence-electron chi connectivity index (χ1n) is 8.55. The summed E-state index contributed by atoms with van der Waals surface area (Å²) in [5.41, 5.74) is 1.97. The summed E-state index contributed by atoms with van der Waals surface area (Å²) in [5, 5.41) is 0. The van der Waals surface area contributed by atoms with E-state index in [1.165, 1.54) is 5.56 Å². The van der Waals surface area contributed by atoms with Crippen molar-refractivity contribution in [3.8, 4) is 0 Å². The van der Waals surface area contributed by atoms with Crippen LogP contribution in [0.25, 0.3) is 0 Å². The summed E-state index contributed by atoms with van der Waals surface area (Å²) in [4.78, 5) is 28.4. The van der Waals surface area contributed by atoms with Gasteiger partial charge in [-0.15, -0.1) is 0 Å². The van der Waals surface area contributed by atoms with Crippen molar-refractivity contribution in [1.29, 1.82) is 0 Å². The van der Waals surface area contributed by atoms with Crippen molar-refractivity contribution in [3.63, 3.8) is 0 Å². The van der Waals surface area contributed by atoms with Gasteiger partial charge in [0.05, 0.1) is 0 Å². The Morgan fingerprint density at radius 2 is 1.43 bits per heavy atom. The maximum atomic E-state index is 12.6. The molecule has 4 heteroatoms. The zero-order valence-corrected chi connectivity index (χ0v) is 14.7. The van der Waals surface area contributed by atoms with Crippen molar-refractivity contribution < 1.29 is 9.59 Å². The molecule has 2 rings (SSSR count). The van der Waals surface area contributed by atoms with E-state index in [9.17, 15) is 9.59 Å². The van der Waals surface area contributed by atoms with E-state index in [1.54, 1.807) is 0 Å². The SMILES string of the molecule is CC(C)CC(=O)N1CCN(C(=O)c2ccc(C(C)C)cc2)CC1. The van der Waals surface area contributed by atoms with Crippen molar-refractivity contribution in [2.24, 2.45) is 5.92 Å². The van der Waals surface area contributed by atoms with Gasteiger partial charge in [0.25, 0.3) is 5.91 Å². The molecule has 126 valence electrons. The van der Waals surface area contributed by atoms with Gasteiger partial charge in [0.1, 0.15) is 0 Å². The van der Waals surface area contributed by atoms with Gasteiger partial charge in [-0.3, -0.25) is 9.59 Å². The highest BCUT2D eigenvalue weighted by Crippen LogP contribution is 2.16. The first-order chi connectivity index (χ1) is 10.9. The molecule has 1 aromatic carbocycles. The maximum absolute atomic E-state index is 12.6. The highest BCUT2D eigenvalue weighted by atomic mass is 16.2. The van der Waals surface area contributed by atoms with Gasteiger partial charge in [-0.05, 0) is 29.5 Å². The summed E-state index contributed by atoms with van der Waals surface area (Å²) < 4.78 is 0. The van der Waals surface area contributed by atoms with Gasteiger partial charge in [0.2, 0.25) is 5.91 Å². The molecule has 0 radical (unpaired) electrons. The second kappa shape index (κ2) is 7.62. The van der Waals surface area contributed by atoms with Crippen LogP contribution < -0.4 is 0 Å². The standard InChI is InChI=1S/C19H28N2O2/c1-14(2)13-18(22)20-9-11-21(12-10-20)19(23)17-7-5-16(6-8-17)15(3)4/h5-8,14-15H,9-13H2,1-4H3. The van der Waals surface area contributed by atoms with Crippen LogP contribution >= 0.6 is 0 Å². The van der Waals surface area contributed by atoms with E-state index in [0.29, 0.717) is 44.4 Å². The molecule has 4 nitrogen and oxygen atoms in total. The minimum atomic E-state index is 0.0660. The third kappa shape index (κ3) is 4.57. The fourth-order valence-corrected chi connectivity index (χ4v) is 2.83. The molecule has 0 aromatic heterocycles. The van der Waals surface area contributed by atoms with E-state index in [-0.39, 0.29) is 11.8 Å². The van der Waals surface area contributed by atoms with Crippen LogP contribution in [-0.2, 0) is 4.79 Å². The number of hydrogen-bond donors (Lipinski definition) is 0. The molecule has 23 heavy (non-hydrogen) atoms. The molecule has 1 saturated heterocycles. The quantitative estimate of drug-likeness (QED) is 0.856. The van der Waals surface area contributed by atoms with Crippen LogP contribution in [0.5, 0.6) is 0 Å². The van der Waals surface area contributed by atoms with Crippen LogP contribution in [0.4, 0.5) is 0 Å². The third-order valence-electron chi connectivity index (χ3n) is 4.33. The zero-order valence-electron chi connectivity index (χ0n) is 14.7. The monoisotopic (exact) mass is 316 g/mol. The van der Waals surface area contributed by atoms with E-state index in [0.717, 1.165) is 5.56 Å². The first-order valence-corrected chi connectivity index (χ1v) is 8.55. The smallest absolute Gasteiger partial charge is 0.253 e. The highest BCUT2D eigenvalue weighted by Gasteiger charge is 2.25. The van der Waals surface area contributed by atoms with Crippen molar-refractivity contribution in [1.82, 2.24) is 9.80 Å². The average molecular weight is 316 g/mol. The van der Waals surface area contributed by atoms with E-state index in [4.69, 9.17) is 0 Å². The lowest BCUT2D eigenvalue weighted by Gasteiger charge is -2.35. The molecule has 1 aliphatic heterocycles. The van der Waals surface area contributed by atoms with Gasteiger partial charge in [0.15, 0.2) is 0 Å². The Morgan fingerprint density at radius 3 is 1.91 bits per heavy atom. The Morgan fingerprint density at radius 1 is 0.913 bits per heavy atom. The van der Waals surface area contributed by atoms with E-state index < -0.39 is 0 Å². The Balaban J connectivity index is 1.91. The first kappa shape index (κ1) is 17.5. The minimum Gasteiger partial charge on any atom is -0.339 e. The summed E-state index contributed by atoms with van der Waals surface area (Å²) in [6, 6.07) is 7.88. The lowest BCUT2D eigenvalue weighted by Crippen LogP contribution is -2.50. The van der Waals surface area contributed by atoms with Crippen molar-refractivity contribution >= 4 is 11.8 Å². The molecule has 1 fully saturated rings. The number of nitrogens with zero attached hydrogens (tertiary/aromatic N) is 2. The number of rotatable bonds is 4. The van der Waals surface area contributed by atoms with Gasteiger partial charge in [0, 0.05) is 38.2 Å². The average Bonchev–Trinajstić information content (AvgIpc) is 2.53. The Kier molecular flexibility index (Phi) is 5.80. The molecule has 2 amide bonds. The maximum Gasteiger partial charge on any atom is 0.253 e. The molecule has 0 atom stereocenters. The van der Waals surface area contributed by atoms with Crippen LogP contribution in [-0.4, -0.2) is 47.8 Å². The topological polar surface area (TPSA) is 40.6 Å². The summed E-state index contributed by atoms with van der Waals surface area (Å²) in [5.74, 6) is 1.11. The van der Waals surface area contributed by atoms with E-state index >= 15 is 0 Å². The fraction of sp³-hybridized carbons (Fsp3) is 0.579. The Hall–Kier alpha value is -1.84. The summed E-state index contributed by atoms with van der Waals surface area (Å²) in [7, 11) is 0.